The van der Waals surface area contributed by atoms with Gasteiger partial charge in [0.15, 0.2) is 5.11 Å². The van der Waals surface area contributed by atoms with Crippen molar-refractivity contribution in [2.24, 2.45) is 17.8 Å². The number of para-hydroxylation sites is 1. The molecule has 2 heterocycles. The third-order valence-corrected chi connectivity index (χ3v) is 10.9. The van der Waals surface area contributed by atoms with Crippen LogP contribution in [0.2, 0.25) is 5.02 Å². The molecular weight excluding hydrogens is 532 g/mol. The van der Waals surface area contributed by atoms with Gasteiger partial charge in [0, 0.05) is 26.8 Å². The van der Waals surface area contributed by atoms with Gasteiger partial charge in [-0.1, -0.05) is 53.3 Å². The molecule has 1 amide bonds. The number of amides is 1. The number of carbonyl (C=O) groups excluding carboxylic acids is 1. The standard InChI is InChI=1S/C26H25ClN4O2S3/c27-17-10-8-14(9-11-17)20-21-15-6-7-16(12-15)22(21)35-24-23(20)36-26(33)31(24)13-19(32)29-30-25(34)28-18-4-2-1-3-5-18/h1-5,8-11,15-16,20-22H,6-7,12-13H2,(H,29,32)(H2,28,30,34)/t15-,16+,20-,21-,22+/m1/s1. The highest BCUT2D eigenvalue weighted by atomic mass is 35.5. The van der Waals surface area contributed by atoms with E-state index in [1.54, 1.807) is 4.57 Å². The fourth-order valence-electron chi connectivity index (χ4n) is 6.12. The third kappa shape index (κ3) is 4.47. The largest absolute Gasteiger partial charge is 0.331 e. The number of aromatic nitrogens is 1. The normalized spacial score (nSPS) is 25.6. The predicted octanol–water partition coefficient (Wildman–Crippen LogP) is 5.23. The Bertz CT molecular complexity index is 1360. The van der Waals surface area contributed by atoms with Gasteiger partial charge in [-0.05, 0) is 79.1 Å². The van der Waals surface area contributed by atoms with E-state index in [-0.39, 0.29) is 28.4 Å². The lowest BCUT2D eigenvalue weighted by atomic mass is 9.75. The van der Waals surface area contributed by atoms with Crippen molar-refractivity contribution in [2.75, 3.05) is 5.32 Å². The van der Waals surface area contributed by atoms with Gasteiger partial charge in [-0.3, -0.25) is 25.0 Å². The molecule has 3 aliphatic rings. The zero-order valence-corrected chi connectivity index (χ0v) is 22.5. The van der Waals surface area contributed by atoms with Crippen LogP contribution >= 0.6 is 46.9 Å². The maximum atomic E-state index is 13.2. The van der Waals surface area contributed by atoms with Gasteiger partial charge in [0.25, 0.3) is 5.91 Å². The third-order valence-electron chi connectivity index (χ3n) is 7.57. The second-order valence-corrected chi connectivity index (χ2v) is 12.6. The van der Waals surface area contributed by atoms with Crippen LogP contribution in [0, 0.1) is 17.8 Å². The second-order valence-electron chi connectivity index (χ2n) is 9.64. The number of hydrazine groups is 1. The van der Waals surface area contributed by atoms with Crippen LogP contribution < -0.4 is 21.0 Å². The van der Waals surface area contributed by atoms with Gasteiger partial charge in [-0.15, -0.1) is 11.8 Å². The van der Waals surface area contributed by atoms with Crippen LogP contribution in [0.1, 0.15) is 35.6 Å². The number of nitrogens with one attached hydrogen (secondary N) is 3. The number of benzene rings is 2. The van der Waals surface area contributed by atoms with Gasteiger partial charge in [-0.25, -0.2) is 0 Å². The van der Waals surface area contributed by atoms with Gasteiger partial charge >= 0.3 is 4.87 Å². The summed E-state index contributed by atoms with van der Waals surface area (Å²) in [6, 6.07) is 17.5. The summed E-state index contributed by atoms with van der Waals surface area (Å²) < 4.78 is 1.64. The van der Waals surface area contributed by atoms with E-state index in [0.29, 0.717) is 28.0 Å². The van der Waals surface area contributed by atoms with E-state index in [0.717, 1.165) is 15.6 Å². The van der Waals surface area contributed by atoms with Crippen molar-refractivity contribution in [2.45, 2.75) is 42.0 Å². The number of hydrogen-bond acceptors (Lipinski definition) is 5. The Morgan fingerprint density at radius 3 is 2.58 bits per heavy atom. The maximum absolute atomic E-state index is 13.2. The predicted molar refractivity (Wildman–Crippen MR) is 150 cm³/mol. The Labute approximate surface area is 227 Å². The van der Waals surface area contributed by atoms with Crippen molar-refractivity contribution in [3.63, 3.8) is 0 Å². The molecule has 1 aliphatic heterocycles. The average Bonchev–Trinajstić information content (AvgIpc) is 3.57. The van der Waals surface area contributed by atoms with Crippen LogP contribution in [-0.2, 0) is 11.3 Å². The number of nitrogens with zero attached hydrogens (tertiary/aromatic N) is 1. The van der Waals surface area contributed by atoms with Crippen molar-refractivity contribution in [3.05, 3.63) is 79.7 Å². The summed E-state index contributed by atoms with van der Waals surface area (Å²) in [6.45, 7) is -0.0581. The molecule has 3 N–H and O–H groups in total. The molecule has 3 aromatic rings. The van der Waals surface area contributed by atoms with E-state index in [1.807, 2.05) is 54.2 Å². The minimum atomic E-state index is -0.325. The Morgan fingerprint density at radius 2 is 1.81 bits per heavy atom. The molecule has 6 nitrogen and oxygen atoms in total. The lowest BCUT2D eigenvalue weighted by Gasteiger charge is -2.40. The first-order valence-corrected chi connectivity index (χ1v) is 14.5. The first kappa shape index (κ1) is 24.0. The number of fused-ring (bicyclic) bond motifs is 6. The molecule has 0 saturated heterocycles. The monoisotopic (exact) mass is 556 g/mol. The Hall–Kier alpha value is -2.33. The SMILES string of the molecule is O=C(Cn1c2c(sc1=O)[C@H](c1ccc(Cl)cc1)[C@H]1[C@@H]3CC[C@@H](C3)[C@@H]1S2)NNC(=S)Nc1ccccc1. The smallest absolute Gasteiger partial charge is 0.308 e. The summed E-state index contributed by atoms with van der Waals surface area (Å²) in [5.41, 5.74) is 7.38. The van der Waals surface area contributed by atoms with Gasteiger partial charge in [0.2, 0.25) is 0 Å². The molecule has 2 aliphatic carbocycles. The number of carbonyl (C=O) groups is 1. The second kappa shape index (κ2) is 9.85. The Morgan fingerprint density at radius 1 is 1.06 bits per heavy atom. The van der Waals surface area contributed by atoms with E-state index in [9.17, 15) is 9.59 Å². The van der Waals surface area contributed by atoms with Crippen LogP contribution in [0.5, 0.6) is 0 Å². The lowest BCUT2D eigenvalue weighted by molar-refractivity contribution is -0.122. The van der Waals surface area contributed by atoms with Gasteiger partial charge < -0.3 is 5.32 Å². The molecular formula is C26H25ClN4O2S3. The summed E-state index contributed by atoms with van der Waals surface area (Å²) >= 11 is 14.6. The molecule has 10 heteroatoms. The molecule has 6 rings (SSSR count). The summed E-state index contributed by atoms with van der Waals surface area (Å²) in [6.07, 6.45) is 3.79. The molecule has 5 atom stereocenters. The number of hydrogen-bond donors (Lipinski definition) is 3. The van der Waals surface area contributed by atoms with Crippen LogP contribution in [0.15, 0.2) is 64.4 Å². The van der Waals surface area contributed by atoms with E-state index in [4.69, 9.17) is 23.8 Å². The van der Waals surface area contributed by atoms with E-state index >= 15 is 0 Å². The Balaban J connectivity index is 1.23. The zero-order chi connectivity index (χ0) is 24.8. The fourth-order valence-corrected chi connectivity index (χ4v) is 9.57. The van der Waals surface area contributed by atoms with Crippen molar-refractivity contribution in [3.8, 4) is 0 Å². The lowest BCUT2D eigenvalue weighted by Crippen LogP contribution is -2.45. The van der Waals surface area contributed by atoms with Crippen LogP contribution in [-0.4, -0.2) is 20.8 Å². The summed E-state index contributed by atoms with van der Waals surface area (Å²) in [4.78, 5) is 27.0. The van der Waals surface area contributed by atoms with Gasteiger partial charge in [0.1, 0.15) is 6.54 Å². The first-order valence-electron chi connectivity index (χ1n) is 12.0. The molecule has 1 aromatic heterocycles. The van der Waals surface area contributed by atoms with Crippen LogP contribution in [0.25, 0.3) is 0 Å². The molecule has 2 saturated carbocycles. The topological polar surface area (TPSA) is 75.2 Å². The van der Waals surface area contributed by atoms with Gasteiger partial charge in [-0.2, -0.15) is 0 Å². The average molecular weight is 557 g/mol. The number of halogens is 1. The molecule has 36 heavy (non-hydrogen) atoms. The number of anilines is 1. The summed E-state index contributed by atoms with van der Waals surface area (Å²) in [5.74, 6) is 1.73. The van der Waals surface area contributed by atoms with E-state index < -0.39 is 0 Å². The van der Waals surface area contributed by atoms with E-state index in [2.05, 4.69) is 28.3 Å². The Kier molecular flexibility index (Phi) is 6.58. The highest BCUT2D eigenvalue weighted by Crippen LogP contribution is 2.64. The number of thiocarbonyl (C=S) groups is 1. The minimum absolute atomic E-state index is 0.0581. The number of rotatable bonds is 4. The molecule has 2 fully saturated rings. The first-order chi connectivity index (χ1) is 17.5. The van der Waals surface area contributed by atoms with Crippen molar-refractivity contribution in [1.29, 1.82) is 0 Å². The quantitative estimate of drug-likeness (QED) is 0.302. The maximum Gasteiger partial charge on any atom is 0.308 e. The molecule has 186 valence electrons. The molecule has 0 unspecified atom stereocenters. The number of thiazole rings is 1. The molecule has 2 aromatic carbocycles. The molecule has 0 radical (unpaired) electrons. The van der Waals surface area contributed by atoms with Gasteiger partial charge in [0.05, 0.1) is 5.03 Å². The van der Waals surface area contributed by atoms with Crippen LogP contribution in [0.4, 0.5) is 5.69 Å². The minimum Gasteiger partial charge on any atom is -0.331 e. The highest BCUT2D eigenvalue weighted by Gasteiger charge is 2.55. The highest BCUT2D eigenvalue weighted by molar-refractivity contribution is 8.00. The summed E-state index contributed by atoms with van der Waals surface area (Å²) in [7, 11) is 0. The van der Waals surface area contributed by atoms with E-state index in [1.165, 1.54) is 36.2 Å². The van der Waals surface area contributed by atoms with Crippen LogP contribution in [0.3, 0.4) is 0 Å². The summed E-state index contributed by atoms with van der Waals surface area (Å²) in [5, 5.41) is 5.41. The number of thioether (sulfide) groups is 1. The molecule has 0 spiro atoms. The van der Waals surface area contributed by atoms with Crippen molar-refractivity contribution < 1.29 is 4.79 Å². The zero-order valence-electron chi connectivity index (χ0n) is 19.3. The fraction of sp³-hybridized carbons (Fsp3) is 0.346. The van der Waals surface area contributed by atoms with Crippen molar-refractivity contribution >= 4 is 63.6 Å². The van der Waals surface area contributed by atoms with Crippen molar-refractivity contribution in [1.82, 2.24) is 15.4 Å². The molecule has 2 bridgehead atoms.